The minimum Gasteiger partial charge on any atom is -0.475 e. The highest BCUT2D eigenvalue weighted by Crippen LogP contribution is 2.23. The van der Waals surface area contributed by atoms with E-state index in [9.17, 15) is 0 Å². The summed E-state index contributed by atoms with van der Waals surface area (Å²) in [4.78, 5) is 9.76. The second-order valence-corrected chi connectivity index (χ2v) is 6.87. The molecule has 0 saturated carbocycles. The van der Waals surface area contributed by atoms with Crippen LogP contribution >= 0.6 is 0 Å². The summed E-state index contributed by atoms with van der Waals surface area (Å²) in [5, 5.41) is 1.14. The van der Waals surface area contributed by atoms with Crippen LogP contribution in [0.2, 0.25) is 0 Å². The first kappa shape index (κ1) is 16.8. The molecule has 1 aromatic heterocycles. The first-order chi connectivity index (χ1) is 12.8. The van der Waals surface area contributed by atoms with Crippen molar-refractivity contribution in [2.45, 2.75) is 38.6 Å². The fraction of sp³-hybridized carbons (Fsp3) is 0.304. The van der Waals surface area contributed by atoms with Crippen LogP contribution < -0.4 is 0 Å². The first-order valence-electron chi connectivity index (χ1n) is 9.47. The molecule has 132 valence electrons. The van der Waals surface area contributed by atoms with Gasteiger partial charge in [-0.1, -0.05) is 61.9 Å². The van der Waals surface area contributed by atoms with Crippen LogP contribution in [0.25, 0.3) is 10.9 Å². The summed E-state index contributed by atoms with van der Waals surface area (Å²) in [5.74, 6) is 0.733. The highest BCUT2D eigenvalue weighted by Gasteiger charge is 2.22. The maximum Gasteiger partial charge on any atom is 0.218 e. The third-order valence-electron chi connectivity index (χ3n) is 4.82. The van der Waals surface area contributed by atoms with E-state index >= 15 is 0 Å². The van der Waals surface area contributed by atoms with Gasteiger partial charge in [0.25, 0.3) is 0 Å². The molecule has 0 radical (unpaired) electrons. The topological polar surface area (TPSA) is 34.5 Å². The van der Waals surface area contributed by atoms with E-state index in [0.29, 0.717) is 6.61 Å². The van der Waals surface area contributed by atoms with Crippen molar-refractivity contribution in [3.8, 4) is 0 Å². The van der Waals surface area contributed by atoms with Crippen LogP contribution in [0.3, 0.4) is 0 Å². The Hall–Kier alpha value is -2.68. The summed E-state index contributed by atoms with van der Waals surface area (Å²) in [6.45, 7) is 2.84. The Labute approximate surface area is 154 Å². The van der Waals surface area contributed by atoms with Crippen LogP contribution in [0.15, 0.2) is 65.7 Å². The van der Waals surface area contributed by atoms with Crippen LogP contribution in [0, 0.1) is 0 Å². The number of aliphatic imine (C=N–C) groups is 1. The van der Waals surface area contributed by atoms with E-state index < -0.39 is 0 Å². The maximum absolute atomic E-state index is 5.96. The van der Waals surface area contributed by atoms with Gasteiger partial charge < -0.3 is 4.74 Å². The number of pyridine rings is 1. The third-order valence-corrected chi connectivity index (χ3v) is 4.82. The molecule has 1 aliphatic rings. The highest BCUT2D eigenvalue weighted by atomic mass is 16.5. The van der Waals surface area contributed by atoms with Crippen molar-refractivity contribution < 1.29 is 4.74 Å². The van der Waals surface area contributed by atoms with Gasteiger partial charge in [-0.05, 0) is 37.0 Å². The molecule has 0 saturated heterocycles. The quantitative estimate of drug-likeness (QED) is 0.633. The lowest BCUT2D eigenvalue weighted by molar-refractivity contribution is 0.317. The lowest BCUT2D eigenvalue weighted by Gasteiger charge is -2.07. The van der Waals surface area contributed by atoms with E-state index in [4.69, 9.17) is 14.7 Å². The molecular weight excluding hydrogens is 320 g/mol. The number of para-hydroxylation sites is 1. The molecule has 0 fully saturated rings. The summed E-state index contributed by atoms with van der Waals surface area (Å²) >= 11 is 0. The molecule has 0 bridgehead atoms. The van der Waals surface area contributed by atoms with Crippen molar-refractivity contribution >= 4 is 16.8 Å². The minimum atomic E-state index is 0.172. The Morgan fingerprint density at radius 2 is 1.88 bits per heavy atom. The van der Waals surface area contributed by atoms with E-state index in [2.05, 4.69) is 61.5 Å². The number of hydrogen-bond donors (Lipinski definition) is 0. The molecule has 3 aromatic rings. The van der Waals surface area contributed by atoms with Crippen LogP contribution in [0.4, 0.5) is 0 Å². The summed E-state index contributed by atoms with van der Waals surface area (Å²) in [5.41, 5.74) is 4.45. The van der Waals surface area contributed by atoms with Crippen LogP contribution in [0.5, 0.6) is 0 Å². The average molecular weight is 344 g/mol. The number of rotatable bonds is 6. The monoisotopic (exact) mass is 344 g/mol. The Balaban J connectivity index is 1.62. The lowest BCUT2D eigenvalue weighted by atomic mass is 10.1. The van der Waals surface area contributed by atoms with Crippen LogP contribution in [0.1, 0.15) is 36.6 Å². The number of benzene rings is 2. The molecule has 0 unspecified atom stereocenters. The summed E-state index contributed by atoms with van der Waals surface area (Å²) < 4.78 is 5.96. The SMILES string of the molecule is CCCCc1ccc2cccc(C3=N[C@@H](Cc4ccccc4)CO3)c2n1. The smallest absolute Gasteiger partial charge is 0.218 e. The molecule has 3 nitrogen and oxygen atoms in total. The fourth-order valence-electron chi connectivity index (χ4n) is 3.41. The molecule has 2 heterocycles. The zero-order valence-electron chi connectivity index (χ0n) is 15.2. The molecule has 0 N–H and O–H groups in total. The van der Waals surface area contributed by atoms with Crippen molar-refractivity contribution in [2.24, 2.45) is 4.99 Å². The van der Waals surface area contributed by atoms with Gasteiger partial charge in [0.1, 0.15) is 6.61 Å². The fourth-order valence-corrected chi connectivity index (χ4v) is 3.41. The van der Waals surface area contributed by atoms with Crippen molar-refractivity contribution in [3.05, 3.63) is 77.5 Å². The van der Waals surface area contributed by atoms with Gasteiger partial charge in [0.2, 0.25) is 5.90 Å². The Bertz CT molecular complexity index is 918. The summed E-state index contributed by atoms with van der Waals surface area (Å²) in [6, 6.07) is 21.2. The van der Waals surface area contributed by atoms with Gasteiger partial charge in [0, 0.05) is 11.1 Å². The third kappa shape index (κ3) is 3.62. The molecule has 2 aromatic carbocycles. The van der Waals surface area contributed by atoms with Crippen molar-refractivity contribution in [1.29, 1.82) is 0 Å². The van der Waals surface area contributed by atoms with E-state index in [1.165, 1.54) is 12.0 Å². The highest BCUT2D eigenvalue weighted by molar-refractivity contribution is 6.06. The van der Waals surface area contributed by atoms with Crippen molar-refractivity contribution in [2.75, 3.05) is 6.61 Å². The number of hydrogen-bond acceptors (Lipinski definition) is 3. The van der Waals surface area contributed by atoms with Gasteiger partial charge in [0.05, 0.1) is 17.1 Å². The zero-order valence-corrected chi connectivity index (χ0v) is 15.2. The van der Waals surface area contributed by atoms with E-state index in [1.807, 2.05) is 6.07 Å². The van der Waals surface area contributed by atoms with Gasteiger partial charge >= 0.3 is 0 Å². The molecular formula is C23H24N2O. The maximum atomic E-state index is 5.96. The predicted octanol–water partition coefficient (Wildman–Crippen LogP) is 4.97. The molecule has 26 heavy (non-hydrogen) atoms. The molecule has 3 heteroatoms. The summed E-state index contributed by atoms with van der Waals surface area (Å²) in [7, 11) is 0. The van der Waals surface area contributed by atoms with Gasteiger partial charge in [0.15, 0.2) is 0 Å². The van der Waals surface area contributed by atoms with E-state index in [0.717, 1.165) is 47.3 Å². The normalized spacial score (nSPS) is 16.5. The number of unbranched alkanes of at least 4 members (excludes halogenated alkanes) is 1. The van der Waals surface area contributed by atoms with Crippen molar-refractivity contribution in [1.82, 2.24) is 4.98 Å². The number of aromatic nitrogens is 1. The number of nitrogens with zero attached hydrogens (tertiary/aromatic N) is 2. The molecule has 0 aliphatic carbocycles. The Morgan fingerprint density at radius 1 is 1.00 bits per heavy atom. The van der Waals surface area contributed by atoms with Crippen LogP contribution in [-0.2, 0) is 17.6 Å². The Morgan fingerprint density at radius 3 is 2.73 bits per heavy atom. The molecule has 1 aliphatic heterocycles. The van der Waals surface area contributed by atoms with Gasteiger partial charge in [-0.2, -0.15) is 0 Å². The van der Waals surface area contributed by atoms with E-state index in [1.54, 1.807) is 0 Å². The second kappa shape index (κ2) is 7.69. The molecule has 1 atom stereocenters. The second-order valence-electron chi connectivity index (χ2n) is 6.87. The summed E-state index contributed by atoms with van der Waals surface area (Å²) in [6.07, 6.45) is 4.27. The number of fused-ring (bicyclic) bond motifs is 1. The Kier molecular flexibility index (Phi) is 4.96. The minimum absolute atomic E-state index is 0.172. The first-order valence-corrected chi connectivity index (χ1v) is 9.47. The molecule has 4 rings (SSSR count). The van der Waals surface area contributed by atoms with Crippen LogP contribution in [-0.4, -0.2) is 23.5 Å². The molecule has 0 amide bonds. The van der Waals surface area contributed by atoms with Gasteiger partial charge in [-0.3, -0.25) is 4.98 Å². The number of ether oxygens (including phenoxy) is 1. The average Bonchev–Trinajstić information content (AvgIpc) is 3.14. The lowest BCUT2D eigenvalue weighted by Crippen LogP contribution is -2.09. The van der Waals surface area contributed by atoms with Crippen molar-refractivity contribution in [3.63, 3.8) is 0 Å². The molecule has 0 spiro atoms. The largest absolute Gasteiger partial charge is 0.475 e. The van der Waals surface area contributed by atoms with Gasteiger partial charge in [-0.15, -0.1) is 0 Å². The van der Waals surface area contributed by atoms with E-state index in [-0.39, 0.29) is 6.04 Å². The van der Waals surface area contributed by atoms with Gasteiger partial charge in [-0.25, -0.2) is 4.99 Å². The zero-order chi connectivity index (χ0) is 17.8. The predicted molar refractivity (Wildman–Crippen MR) is 107 cm³/mol. The standard InChI is InChI=1S/C23H24N2O/c1-2-3-11-19-14-13-18-10-7-12-21(22(18)24-19)23-25-20(16-26-23)15-17-8-5-4-6-9-17/h4-10,12-14,20H,2-3,11,15-16H2,1H3/t20-/m0/s1. The number of aryl methyl sites for hydroxylation is 1.